The lowest BCUT2D eigenvalue weighted by Gasteiger charge is -2.32. The third kappa shape index (κ3) is 6.99. The van der Waals surface area contributed by atoms with E-state index in [9.17, 15) is 14.4 Å². The van der Waals surface area contributed by atoms with Gasteiger partial charge in [-0.3, -0.25) is 9.59 Å². The molecule has 1 aliphatic rings. The number of nitrogens with zero attached hydrogens (tertiary/aromatic N) is 1. The van der Waals surface area contributed by atoms with E-state index in [1.54, 1.807) is 19.9 Å². The van der Waals surface area contributed by atoms with Gasteiger partial charge in [0.1, 0.15) is 17.3 Å². The minimum atomic E-state index is -1.19. The fourth-order valence-electron chi connectivity index (χ4n) is 5.86. The number of aliphatic hydroxyl groups excluding tert-OH is 1. The summed E-state index contributed by atoms with van der Waals surface area (Å²) < 4.78 is 17.2. The van der Waals surface area contributed by atoms with Crippen LogP contribution in [0.25, 0.3) is 11.1 Å². The standard InChI is InChI=1S/C34H41NO7/c1-22(2)31-34(4,5)42-33(39)35(31)32(38)27(20-24-12-7-6-8-13-24)30(37)29-21-26(25-14-9-11-23(3)19-25)28(41-29)15-10-17-40-18-16-36/h6-9,11-14,19,21-22,27,31,36H,10,15-18,20H2,1-5H3/t27-,31-/m0/s1. The quantitative estimate of drug-likeness (QED) is 0.151. The van der Waals surface area contributed by atoms with E-state index in [1.807, 2.05) is 75.4 Å². The summed E-state index contributed by atoms with van der Waals surface area (Å²) in [5, 5.41) is 9.00. The van der Waals surface area contributed by atoms with Gasteiger partial charge in [-0.25, -0.2) is 9.69 Å². The molecule has 4 rings (SSSR count). The number of amides is 2. The van der Waals surface area contributed by atoms with E-state index < -0.39 is 35.3 Å². The number of imide groups is 1. The molecular formula is C34H41NO7. The summed E-state index contributed by atoms with van der Waals surface area (Å²) in [6.45, 7) is 10.1. The highest BCUT2D eigenvalue weighted by Crippen LogP contribution is 2.37. The van der Waals surface area contributed by atoms with Crippen LogP contribution in [0.1, 0.15) is 61.6 Å². The smallest absolute Gasteiger partial charge is 0.417 e. The average Bonchev–Trinajstić information content (AvgIpc) is 3.48. The van der Waals surface area contributed by atoms with E-state index in [0.29, 0.717) is 25.2 Å². The van der Waals surface area contributed by atoms with Gasteiger partial charge in [-0.1, -0.05) is 74.0 Å². The molecule has 1 aromatic heterocycles. The van der Waals surface area contributed by atoms with Crippen molar-refractivity contribution in [2.24, 2.45) is 11.8 Å². The molecule has 0 saturated carbocycles. The van der Waals surface area contributed by atoms with Crippen LogP contribution in [0.3, 0.4) is 0 Å². The molecule has 8 heteroatoms. The Morgan fingerprint density at radius 3 is 2.45 bits per heavy atom. The molecule has 1 fully saturated rings. The number of ether oxygens (including phenoxy) is 2. The second-order valence-corrected chi connectivity index (χ2v) is 11.7. The van der Waals surface area contributed by atoms with Gasteiger partial charge in [0, 0.05) is 18.6 Å². The van der Waals surface area contributed by atoms with Gasteiger partial charge >= 0.3 is 6.09 Å². The topological polar surface area (TPSA) is 106 Å². The number of hydrogen-bond acceptors (Lipinski definition) is 7. The van der Waals surface area contributed by atoms with Gasteiger partial charge in [-0.2, -0.15) is 0 Å². The first-order valence-electron chi connectivity index (χ1n) is 14.6. The lowest BCUT2D eigenvalue weighted by Crippen LogP contribution is -2.51. The predicted molar refractivity (Wildman–Crippen MR) is 159 cm³/mol. The average molecular weight is 576 g/mol. The first-order chi connectivity index (χ1) is 20.0. The van der Waals surface area contributed by atoms with Crippen LogP contribution < -0.4 is 0 Å². The molecule has 0 bridgehead atoms. The van der Waals surface area contributed by atoms with Crippen LogP contribution in [0, 0.1) is 18.8 Å². The number of rotatable bonds is 13. The third-order valence-electron chi connectivity index (χ3n) is 7.61. The molecule has 1 aliphatic heterocycles. The molecule has 1 N–H and O–H groups in total. The fourth-order valence-corrected chi connectivity index (χ4v) is 5.86. The van der Waals surface area contributed by atoms with Crippen LogP contribution in [0.5, 0.6) is 0 Å². The highest BCUT2D eigenvalue weighted by atomic mass is 16.6. The summed E-state index contributed by atoms with van der Waals surface area (Å²) in [5.74, 6) is -1.67. The molecule has 2 atom stereocenters. The number of furan rings is 1. The van der Waals surface area contributed by atoms with Crippen molar-refractivity contribution in [3.05, 3.63) is 83.3 Å². The molecule has 0 spiro atoms. The third-order valence-corrected chi connectivity index (χ3v) is 7.61. The first-order valence-corrected chi connectivity index (χ1v) is 14.6. The lowest BCUT2D eigenvalue weighted by atomic mass is 9.86. The number of aliphatic hydroxyl groups is 1. The second kappa shape index (κ2) is 13.5. The molecule has 8 nitrogen and oxygen atoms in total. The summed E-state index contributed by atoms with van der Waals surface area (Å²) >= 11 is 0. The summed E-state index contributed by atoms with van der Waals surface area (Å²) in [5.41, 5.74) is 2.64. The maximum atomic E-state index is 14.2. The largest absolute Gasteiger partial charge is 0.457 e. The van der Waals surface area contributed by atoms with E-state index in [4.69, 9.17) is 19.0 Å². The number of carbonyl (C=O) groups excluding carboxylic acids is 3. The van der Waals surface area contributed by atoms with E-state index in [0.717, 1.165) is 27.2 Å². The Labute approximate surface area is 247 Å². The molecule has 0 radical (unpaired) electrons. The number of carbonyl (C=O) groups is 3. The van der Waals surface area contributed by atoms with Gasteiger partial charge in [0.05, 0.1) is 19.3 Å². The molecule has 224 valence electrons. The summed E-state index contributed by atoms with van der Waals surface area (Å²) in [4.78, 5) is 42.6. The van der Waals surface area contributed by atoms with E-state index in [-0.39, 0.29) is 31.3 Å². The Kier molecular flexibility index (Phi) is 10.0. The SMILES string of the molecule is Cc1cccc(-c2cc(C(=O)[C@H](Cc3ccccc3)C(=O)N3C(=O)OC(C)(C)[C@@H]3C(C)C)oc2CCCOCCO)c1. The van der Waals surface area contributed by atoms with E-state index in [1.165, 1.54) is 0 Å². The van der Waals surface area contributed by atoms with E-state index in [2.05, 4.69) is 0 Å². The van der Waals surface area contributed by atoms with Gasteiger partial charge in [0.2, 0.25) is 11.7 Å². The molecule has 3 aromatic rings. The summed E-state index contributed by atoms with van der Waals surface area (Å²) in [6.07, 6.45) is 0.495. The van der Waals surface area contributed by atoms with Crippen molar-refractivity contribution < 1.29 is 33.4 Å². The predicted octanol–water partition coefficient (Wildman–Crippen LogP) is 6.02. The number of ketones is 1. The van der Waals surface area contributed by atoms with Crippen LogP contribution in [0.4, 0.5) is 4.79 Å². The Hall–Kier alpha value is -3.75. The van der Waals surface area contributed by atoms with E-state index >= 15 is 0 Å². The number of cyclic esters (lactones) is 1. The van der Waals surface area contributed by atoms with Gasteiger partial charge in [0.15, 0.2) is 5.76 Å². The molecule has 2 aromatic carbocycles. The van der Waals surface area contributed by atoms with Gasteiger partial charge in [-0.15, -0.1) is 0 Å². The van der Waals surface area contributed by atoms with Crippen molar-refractivity contribution in [2.45, 2.75) is 65.5 Å². The van der Waals surface area contributed by atoms with Crippen molar-refractivity contribution in [2.75, 3.05) is 19.8 Å². The zero-order valence-electron chi connectivity index (χ0n) is 25.1. The Bertz CT molecular complexity index is 1390. The molecular weight excluding hydrogens is 534 g/mol. The normalized spacial score (nSPS) is 17.0. The molecule has 1 saturated heterocycles. The number of benzene rings is 2. The van der Waals surface area contributed by atoms with Crippen molar-refractivity contribution in [1.29, 1.82) is 0 Å². The fraction of sp³-hybridized carbons (Fsp3) is 0.441. The second-order valence-electron chi connectivity index (χ2n) is 11.7. The Balaban J connectivity index is 1.72. The van der Waals surface area contributed by atoms with Crippen LogP contribution >= 0.6 is 0 Å². The highest BCUT2D eigenvalue weighted by Gasteiger charge is 2.54. The lowest BCUT2D eigenvalue weighted by molar-refractivity contribution is -0.133. The molecule has 42 heavy (non-hydrogen) atoms. The molecule has 2 amide bonds. The van der Waals surface area contributed by atoms with Gasteiger partial charge in [0.25, 0.3) is 0 Å². The maximum Gasteiger partial charge on any atom is 0.417 e. The maximum absolute atomic E-state index is 14.2. The van der Waals surface area contributed by atoms with Crippen molar-refractivity contribution in [3.63, 3.8) is 0 Å². The minimum Gasteiger partial charge on any atom is -0.457 e. The van der Waals surface area contributed by atoms with Crippen molar-refractivity contribution in [1.82, 2.24) is 4.90 Å². The molecule has 2 heterocycles. The minimum absolute atomic E-state index is 0.0514. The van der Waals surface area contributed by atoms with Crippen LogP contribution in [0.15, 0.2) is 65.1 Å². The van der Waals surface area contributed by atoms with Crippen LogP contribution in [0.2, 0.25) is 0 Å². The monoisotopic (exact) mass is 575 g/mol. The van der Waals surface area contributed by atoms with Crippen LogP contribution in [-0.4, -0.2) is 59.3 Å². The van der Waals surface area contributed by atoms with Gasteiger partial charge < -0.3 is 19.0 Å². The Morgan fingerprint density at radius 2 is 1.79 bits per heavy atom. The summed E-state index contributed by atoms with van der Waals surface area (Å²) in [6, 6.07) is 18.4. The number of hydrogen-bond donors (Lipinski definition) is 1. The summed E-state index contributed by atoms with van der Waals surface area (Å²) in [7, 11) is 0. The van der Waals surface area contributed by atoms with Crippen molar-refractivity contribution >= 4 is 17.8 Å². The number of aryl methyl sites for hydroxylation is 2. The zero-order valence-corrected chi connectivity index (χ0v) is 25.1. The highest BCUT2D eigenvalue weighted by molar-refractivity contribution is 6.12. The zero-order chi connectivity index (χ0) is 30.4. The molecule has 0 aliphatic carbocycles. The first kappa shape index (κ1) is 31.2. The number of Topliss-reactive ketones (excluding diaryl/α,β-unsaturated/α-hetero) is 1. The van der Waals surface area contributed by atoms with Crippen LogP contribution in [-0.2, 0) is 27.1 Å². The Morgan fingerprint density at radius 1 is 1.05 bits per heavy atom. The van der Waals surface area contributed by atoms with Crippen molar-refractivity contribution in [3.8, 4) is 11.1 Å². The van der Waals surface area contributed by atoms with Gasteiger partial charge in [-0.05, 0) is 56.7 Å². The molecule has 0 unspecified atom stereocenters.